The molecule has 1 amide bonds. The second kappa shape index (κ2) is 5.60. The van der Waals surface area contributed by atoms with Crippen molar-refractivity contribution in [3.8, 4) is 0 Å². The van der Waals surface area contributed by atoms with Gasteiger partial charge in [0.1, 0.15) is 5.82 Å². The van der Waals surface area contributed by atoms with Crippen LogP contribution in [0.5, 0.6) is 0 Å². The Morgan fingerprint density at radius 2 is 1.85 bits per heavy atom. The number of carbonyl (C=O) groups excluding carboxylic acids is 1. The molecule has 20 heavy (non-hydrogen) atoms. The average molecular weight is 312 g/mol. The topological polar surface area (TPSA) is 29.1 Å². The van der Waals surface area contributed by atoms with Crippen LogP contribution >= 0.6 is 11.6 Å². The lowest BCUT2D eigenvalue weighted by atomic mass is 10.00. The Bertz CT molecular complexity index is 512. The second-order valence-corrected chi connectivity index (χ2v) is 5.61. The number of benzene rings is 1. The molecule has 7 heteroatoms. The molecule has 0 aliphatic rings. The molecule has 0 radical (unpaired) electrons. The first-order valence-electron chi connectivity index (χ1n) is 5.79. The van der Waals surface area contributed by atoms with E-state index in [0.717, 1.165) is 12.1 Å². The van der Waals surface area contributed by atoms with Crippen LogP contribution in [-0.2, 0) is 6.18 Å². The number of nitrogens with one attached hydrogen (secondary N) is 1. The van der Waals surface area contributed by atoms with Crippen molar-refractivity contribution in [3.63, 3.8) is 0 Å². The van der Waals surface area contributed by atoms with Gasteiger partial charge in [0.2, 0.25) is 0 Å². The lowest BCUT2D eigenvalue weighted by molar-refractivity contribution is -0.140. The van der Waals surface area contributed by atoms with Crippen LogP contribution in [0.2, 0.25) is 0 Å². The summed E-state index contributed by atoms with van der Waals surface area (Å²) in [5.74, 6) is -2.53. The largest absolute Gasteiger partial charge is 0.419 e. The van der Waals surface area contributed by atoms with Crippen LogP contribution in [0.1, 0.15) is 36.7 Å². The van der Waals surface area contributed by atoms with E-state index in [2.05, 4.69) is 5.32 Å². The first kappa shape index (κ1) is 16.8. The van der Waals surface area contributed by atoms with Crippen LogP contribution in [0.15, 0.2) is 18.2 Å². The van der Waals surface area contributed by atoms with Crippen molar-refractivity contribution in [1.29, 1.82) is 0 Å². The summed E-state index contributed by atoms with van der Waals surface area (Å²) in [6, 6.07) is 2.56. The highest BCUT2D eigenvalue weighted by Gasteiger charge is 2.36. The Balaban J connectivity index is 3.13. The fourth-order valence-electron chi connectivity index (χ4n) is 1.39. The van der Waals surface area contributed by atoms with Gasteiger partial charge in [-0.15, -0.1) is 11.6 Å². The minimum Gasteiger partial charge on any atom is -0.346 e. The minimum atomic E-state index is -4.85. The smallest absolute Gasteiger partial charge is 0.346 e. The molecule has 0 spiro atoms. The number of hydrogen-bond donors (Lipinski definition) is 1. The molecule has 0 heterocycles. The monoisotopic (exact) mass is 311 g/mol. The van der Waals surface area contributed by atoms with Crippen molar-refractivity contribution in [1.82, 2.24) is 5.32 Å². The molecule has 1 aromatic rings. The van der Waals surface area contributed by atoms with Crippen molar-refractivity contribution >= 4 is 17.5 Å². The first-order chi connectivity index (χ1) is 8.97. The summed E-state index contributed by atoms with van der Waals surface area (Å²) < 4.78 is 51.5. The van der Waals surface area contributed by atoms with Gasteiger partial charge in [-0.25, -0.2) is 4.39 Å². The van der Waals surface area contributed by atoms with Gasteiger partial charge < -0.3 is 5.32 Å². The Hall–Kier alpha value is -1.30. The van der Waals surface area contributed by atoms with Crippen LogP contribution in [0.3, 0.4) is 0 Å². The number of amides is 1. The van der Waals surface area contributed by atoms with Crippen LogP contribution in [0.25, 0.3) is 0 Å². The number of halogens is 5. The molecule has 1 N–H and O–H groups in total. The number of rotatable bonds is 3. The lowest BCUT2D eigenvalue weighted by Crippen LogP contribution is -2.49. The third kappa shape index (κ3) is 3.62. The molecule has 0 aromatic heterocycles. The van der Waals surface area contributed by atoms with Crippen LogP contribution < -0.4 is 5.32 Å². The van der Waals surface area contributed by atoms with Gasteiger partial charge in [0.15, 0.2) is 0 Å². The quantitative estimate of drug-likeness (QED) is 0.664. The van der Waals surface area contributed by atoms with E-state index in [1.807, 2.05) is 0 Å². The molecule has 1 unspecified atom stereocenters. The van der Waals surface area contributed by atoms with Gasteiger partial charge in [0, 0.05) is 0 Å². The van der Waals surface area contributed by atoms with Gasteiger partial charge in [-0.3, -0.25) is 4.79 Å². The average Bonchev–Trinajstić information content (AvgIpc) is 2.26. The zero-order chi connectivity index (χ0) is 15.7. The molecule has 1 rings (SSSR count). The highest BCUT2D eigenvalue weighted by Crippen LogP contribution is 2.32. The van der Waals surface area contributed by atoms with Crippen molar-refractivity contribution in [2.45, 2.75) is 37.9 Å². The normalized spacial score (nSPS) is 14.0. The third-order valence-corrected chi connectivity index (χ3v) is 3.52. The van der Waals surface area contributed by atoms with E-state index in [4.69, 9.17) is 11.6 Å². The number of alkyl halides is 4. The van der Waals surface area contributed by atoms with Crippen molar-refractivity contribution in [2.75, 3.05) is 0 Å². The van der Waals surface area contributed by atoms with Gasteiger partial charge in [0.25, 0.3) is 5.91 Å². The zero-order valence-corrected chi connectivity index (χ0v) is 11.9. The SMILES string of the molecule is CC(Cl)C(C)(C)NC(=O)c1cccc(C(F)(F)F)c1F. The van der Waals surface area contributed by atoms with E-state index in [-0.39, 0.29) is 0 Å². The van der Waals surface area contributed by atoms with Crippen LogP contribution in [-0.4, -0.2) is 16.8 Å². The summed E-state index contributed by atoms with van der Waals surface area (Å²) in [6.45, 7) is 4.80. The van der Waals surface area contributed by atoms with E-state index >= 15 is 0 Å². The Kier molecular flexibility index (Phi) is 4.69. The summed E-state index contributed by atoms with van der Waals surface area (Å²) in [6.07, 6.45) is -4.85. The maximum atomic E-state index is 13.8. The Morgan fingerprint density at radius 1 is 1.30 bits per heavy atom. The highest BCUT2D eigenvalue weighted by atomic mass is 35.5. The fraction of sp³-hybridized carbons (Fsp3) is 0.462. The fourth-order valence-corrected chi connectivity index (χ4v) is 1.44. The van der Waals surface area contributed by atoms with Crippen molar-refractivity contribution < 1.29 is 22.4 Å². The van der Waals surface area contributed by atoms with Gasteiger partial charge in [-0.2, -0.15) is 13.2 Å². The molecule has 0 saturated carbocycles. The van der Waals surface area contributed by atoms with Crippen LogP contribution in [0, 0.1) is 5.82 Å². The maximum Gasteiger partial charge on any atom is 0.419 e. The van der Waals surface area contributed by atoms with Gasteiger partial charge >= 0.3 is 6.18 Å². The van der Waals surface area contributed by atoms with Crippen molar-refractivity contribution in [3.05, 3.63) is 35.1 Å². The molecule has 1 aromatic carbocycles. The Labute approximate surface area is 119 Å². The maximum absolute atomic E-state index is 13.8. The third-order valence-electron chi connectivity index (χ3n) is 2.98. The molecular weight excluding hydrogens is 298 g/mol. The van der Waals surface area contributed by atoms with E-state index in [0.29, 0.717) is 6.07 Å². The minimum absolute atomic E-state index is 0.486. The molecule has 1 atom stereocenters. The van der Waals surface area contributed by atoms with E-state index < -0.39 is 39.9 Å². The predicted molar refractivity (Wildman–Crippen MR) is 68.3 cm³/mol. The molecule has 2 nitrogen and oxygen atoms in total. The zero-order valence-electron chi connectivity index (χ0n) is 11.1. The molecule has 0 aliphatic heterocycles. The summed E-state index contributed by atoms with van der Waals surface area (Å²) in [5, 5.41) is 1.93. The molecule has 0 saturated heterocycles. The van der Waals surface area contributed by atoms with E-state index in [1.54, 1.807) is 20.8 Å². The summed E-state index contributed by atoms with van der Waals surface area (Å²) in [4.78, 5) is 11.9. The molecule has 112 valence electrons. The standard InChI is InChI=1S/C13H14ClF4NO/c1-7(14)12(2,3)19-11(20)8-5-4-6-9(10(8)15)13(16,17)18/h4-7H,1-3H3,(H,19,20). The summed E-state index contributed by atoms with van der Waals surface area (Å²) >= 11 is 5.86. The number of carbonyl (C=O) groups is 1. The van der Waals surface area contributed by atoms with Crippen molar-refractivity contribution in [2.24, 2.45) is 0 Å². The van der Waals surface area contributed by atoms with E-state index in [1.165, 1.54) is 0 Å². The second-order valence-electron chi connectivity index (χ2n) is 4.96. The molecule has 0 fully saturated rings. The van der Waals surface area contributed by atoms with Gasteiger partial charge in [-0.05, 0) is 32.9 Å². The lowest BCUT2D eigenvalue weighted by Gasteiger charge is -2.29. The predicted octanol–water partition coefficient (Wildman–Crippen LogP) is 3.98. The number of hydrogen-bond acceptors (Lipinski definition) is 1. The molecule has 0 bridgehead atoms. The molecular formula is C13H14ClF4NO. The van der Waals surface area contributed by atoms with Gasteiger partial charge in [-0.1, -0.05) is 6.07 Å². The van der Waals surface area contributed by atoms with E-state index in [9.17, 15) is 22.4 Å². The van der Waals surface area contributed by atoms with Crippen LogP contribution in [0.4, 0.5) is 17.6 Å². The molecule has 0 aliphatic carbocycles. The summed E-state index contributed by atoms with van der Waals surface area (Å²) in [7, 11) is 0. The van der Waals surface area contributed by atoms with Gasteiger partial charge in [0.05, 0.1) is 22.0 Å². The highest BCUT2D eigenvalue weighted by molar-refractivity contribution is 6.21. The Morgan fingerprint density at radius 3 is 2.30 bits per heavy atom. The summed E-state index contributed by atoms with van der Waals surface area (Å²) in [5.41, 5.74) is -3.02. The first-order valence-corrected chi connectivity index (χ1v) is 6.22.